The van der Waals surface area contributed by atoms with Crippen LogP contribution in [-0.4, -0.2) is 26.1 Å². The third-order valence-electron chi connectivity index (χ3n) is 5.58. The maximum absolute atomic E-state index is 13.1. The number of nitrogens with zero attached hydrogens (tertiary/aromatic N) is 3. The number of rotatable bonds is 3. The summed E-state index contributed by atoms with van der Waals surface area (Å²) in [6.07, 6.45) is 4.14. The van der Waals surface area contributed by atoms with Gasteiger partial charge in [0, 0.05) is 62.4 Å². The second kappa shape index (κ2) is 7.33. The summed E-state index contributed by atoms with van der Waals surface area (Å²) in [6, 6.07) is 7.96. The number of nitrogens with one attached hydrogen (secondary N) is 2. The summed E-state index contributed by atoms with van der Waals surface area (Å²) in [5.41, 5.74) is 5.29. The number of aromatic nitrogens is 3. The fourth-order valence-electron chi connectivity index (χ4n) is 3.86. The summed E-state index contributed by atoms with van der Waals surface area (Å²) >= 11 is 0. The van der Waals surface area contributed by atoms with Crippen LogP contribution in [0.25, 0.3) is 11.1 Å². The van der Waals surface area contributed by atoms with E-state index in [1.807, 2.05) is 38.2 Å². The van der Waals surface area contributed by atoms with Crippen LogP contribution in [0.1, 0.15) is 34.4 Å². The molecule has 7 nitrogen and oxygen atoms in total. The topological polar surface area (TPSA) is 81.0 Å². The average Bonchev–Trinajstić information content (AvgIpc) is 3.13. The largest absolute Gasteiger partial charge is 0.330 e. The molecule has 0 fully saturated rings. The molecule has 0 radical (unpaired) electrons. The number of hydrogen-bond donors (Lipinski definition) is 2. The van der Waals surface area contributed by atoms with E-state index >= 15 is 0 Å². The smallest absolute Gasteiger partial charge is 0.291 e. The number of imidazole rings is 1. The minimum absolute atomic E-state index is 0.0199. The van der Waals surface area contributed by atoms with Crippen LogP contribution in [-0.2, 0) is 27.1 Å². The predicted octanol–water partition coefficient (Wildman–Crippen LogP) is 2.38. The molecule has 7 heteroatoms. The van der Waals surface area contributed by atoms with Crippen molar-refractivity contribution in [3.8, 4) is 11.1 Å². The quantitative estimate of drug-likeness (QED) is 0.718. The maximum Gasteiger partial charge on any atom is 0.291 e. The molecule has 1 aliphatic rings. The van der Waals surface area contributed by atoms with Crippen molar-refractivity contribution in [2.45, 2.75) is 32.9 Å². The molecule has 150 valence electrons. The number of amides is 1. The Hall–Kier alpha value is -3.19. The van der Waals surface area contributed by atoms with Gasteiger partial charge in [0.15, 0.2) is 5.82 Å². The number of fused-ring (bicyclic) bond motifs is 1. The molecule has 0 spiro atoms. The zero-order chi connectivity index (χ0) is 20.7. The lowest BCUT2D eigenvalue weighted by atomic mass is 9.95. The summed E-state index contributed by atoms with van der Waals surface area (Å²) in [6.45, 7) is 4.84. The molecule has 1 aliphatic heterocycles. The first-order valence-corrected chi connectivity index (χ1v) is 9.70. The Balaban J connectivity index is 1.74. The Morgan fingerprint density at radius 2 is 2.03 bits per heavy atom. The highest BCUT2D eigenvalue weighted by Gasteiger charge is 2.21. The van der Waals surface area contributed by atoms with E-state index in [9.17, 15) is 9.59 Å². The van der Waals surface area contributed by atoms with E-state index in [1.165, 1.54) is 0 Å². The van der Waals surface area contributed by atoms with Crippen LogP contribution in [0.3, 0.4) is 0 Å². The molecule has 0 saturated carbocycles. The Bertz CT molecular complexity index is 1160. The first kappa shape index (κ1) is 19.1. The number of benzene rings is 1. The molecule has 0 aliphatic carbocycles. The van der Waals surface area contributed by atoms with Crippen LogP contribution in [0.2, 0.25) is 0 Å². The van der Waals surface area contributed by atoms with Crippen molar-refractivity contribution in [3.05, 3.63) is 69.7 Å². The Labute approximate surface area is 169 Å². The van der Waals surface area contributed by atoms with Crippen molar-refractivity contribution in [2.75, 3.05) is 5.32 Å². The molecule has 29 heavy (non-hydrogen) atoms. The number of anilines is 1. The van der Waals surface area contributed by atoms with E-state index in [1.54, 1.807) is 28.6 Å². The molecule has 1 atom stereocenters. The number of carbonyl (C=O) groups is 1. The third kappa shape index (κ3) is 3.49. The fourth-order valence-corrected chi connectivity index (χ4v) is 3.86. The number of aryl methyl sites for hydroxylation is 2. The van der Waals surface area contributed by atoms with E-state index < -0.39 is 0 Å². The first-order chi connectivity index (χ1) is 13.8. The molecule has 1 unspecified atom stereocenters. The summed E-state index contributed by atoms with van der Waals surface area (Å²) in [5, 5.41) is 6.34. The van der Waals surface area contributed by atoms with Crippen molar-refractivity contribution in [3.63, 3.8) is 0 Å². The van der Waals surface area contributed by atoms with Crippen molar-refractivity contribution >= 4 is 11.6 Å². The van der Waals surface area contributed by atoms with E-state index in [-0.39, 0.29) is 11.5 Å². The minimum atomic E-state index is -0.288. The van der Waals surface area contributed by atoms with Crippen molar-refractivity contribution in [1.82, 2.24) is 19.4 Å². The fraction of sp³-hybridized carbons (Fsp3) is 0.318. The Morgan fingerprint density at radius 3 is 2.76 bits per heavy atom. The first-order valence-electron chi connectivity index (χ1n) is 9.70. The van der Waals surface area contributed by atoms with Gasteiger partial charge in [0.1, 0.15) is 0 Å². The molecule has 0 saturated heterocycles. The van der Waals surface area contributed by atoms with Crippen LogP contribution in [0.15, 0.2) is 41.5 Å². The zero-order valence-electron chi connectivity index (χ0n) is 17.1. The lowest BCUT2D eigenvalue weighted by Gasteiger charge is -2.26. The van der Waals surface area contributed by atoms with Gasteiger partial charge < -0.3 is 19.8 Å². The highest BCUT2D eigenvalue weighted by atomic mass is 16.2. The van der Waals surface area contributed by atoms with Crippen LogP contribution >= 0.6 is 0 Å². The average molecular weight is 391 g/mol. The molecular weight excluding hydrogens is 366 g/mol. The van der Waals surface area contributed by atoms with Gasteiger partial charge >= 0.3 is 0 Å². The highest BCUT2D eigenvalue weighted by Crippen LogP contribution is 2.27. The van der Waals surface area contributed by atoms with Crippen LogP contribution in [0, 0.1) is 6.92 Å². The van der Waals surface area contributed by atoms with E-state index in [2.05, 4.69) is 22.5 Å². The summed E-state index contributed by atoms with van der Waals surface area (Å²) in [5.74, 6) is 0.0425. The minimum Gasteiger partial charge on any atom is -0.330 e. The summed E-state index contributed by atoms with van der Waals surface area (Å²) in [4.78, 5) is 29.7. The second-order valence-corrected chi connectivity index (χ2v) is 7.73. The van der Waals surface area contributed by atoms with E-state index in [0.717, 1.165) is 35.3 Å². The standard InChI is InChI=1S/C22H25N5O2/c1-13-5-6-16(25-21(28)20-23-7-8-26(20)3)11-17(13)18-10-15-12-24-14(2)9-19(15)27(4)22(18)29/h5-8,10-11,14,24H,9,12H2,1-4H3,(H,25,28). The SMILES string of the molecule is Cc1ccc(NC(=O)c2nccn2C)cc1-c1cc2c(n(C)c1=O)CC(C)NC2. The summed E-state index contributed by atoms with van der Waals surface area (Å²) in [7, 11) is 3.61. The molecule has 0 bridgehead atoms. The normalized spacial score (nSPS) is 15.8. The lowest BCUT2D eigenvalue weighted by Crippen LogP contribution is -2.37. The van der Waals surface area contributed by atoms with Gasteiger partial charge in [-0.05, 0) is 48.7 Å². The van der Waals surface area contributed by atoms with Gasteiger partial charge in [-0.1, -0.05) is 6.07 Å². The molecule has 1 aromatic carbocycles. The van der Waals surface area contributed by atoms with Crippen molar-refractivity contribution < 1.29 is 4.79 Å². The molecule has 2 N–H and O–H groups in total. The zero-order valence-corrected chi connectivity index (χ0v) is 17.1. The van der Waals surface area contributed by atoms with Crippen molar-refractivity contribution in [2.24, 2.45) is 14.1 Å². The van der Waals surface area contributed by atoms with Crippen LogP contribution < -0.4 is 16.2 Å². The molecular formula is C22H25N5O2. The summed E-state index contributed by atoms with van der Waals surface area (Å²) < 4.78 is 3.43. The maximum atomic E-state index is 13.1. The van der Waals surface area contributed by atoms with Crippen LogP contribution in [0.4, 0.5) is 5.69 Å². The Morgan fingerprint density at radius 1 is 1.24 bits per heavy atom. The molecule has 3 heterocycles. The van der Waals surface area contributed by atoms with Gasteiger partial charge in [-0.2, -0.15) is 0 Å². The molecule has 4 rings (SSSR count). The second-order valence-electron chi connectivity index (χ2n) is 7.73. The molecule has 2 aromatic heterocycles. The highest BCUT2D eigenvalue weighted by molar-refractivity contribution is 6.02. The molecule has 1 amide bonds. The van der Waals surface area contributed by atoms with Gasteiger partial charge in [-0.15, -0.1) is 0 Å². The van der Waals surface area contributed by atoms with Gasteiger partial charge in [-0.3, -0.25) is 9.59 Å². The van der Waals surface area contributed by atoms with Gasteiger partial charge in [0.05, 0.1) is 0 Å². The third-order valence-corrected chi connectivity index (χ3v) is 5.58. The number of pyridine rings is 1. The lowest BCUT2D eigenvalue weighted by molar-refractivity contribution is 0.101. The van der Waals surface area contributed by atoms with Crippen LogP contribution in [0.5, 0.6) is 0 Å². The molecule has 3 aromatic rings. The van der Waals surface area contributed by atoms with Gasteiger partial charge in [0.2, 0.25) is 0 Å². The number of hydrogen-bond acceptors (Lipinski definition) is 4. The van der Waals surface area contributed by atoms with E-state index in [4.69, 9.17) is 0 Å². The van der Waals surface area contributed by atoms with E-state index in [0.29, 0.717) is 23.1 Å². The number of carbonyl (C=O) groups excluding carboxylic acids is 1. The monoisotopic (exact) mass is 391 g/mol. The van der Waals surface area contributed by atoms with Crippen molar-refractivity contribution in [1.29, 1.82) is 0 Å². The van der Waals surface area contributed by atoms with Gasteiger partial charge in [-0.25, -0.2) is 4.98 Å². The predicted molar refractivity (Wildman–Crippen MR) is 113 cm³/mol. The van der Waals surface area contributed by atoms with Gasteiger partial charge in [0.25, 0.3) is 11.5 Å². The Kier molecular flexibility index (Phi) is 4.84.